The van der Waals surface area contributed by atoms with Crippen molar-refractivity contribution in [3.63, 3.8) is 0 Å². The van der Waals surface area contributed by atoms with Crippen LogP contribution in [0.4, 0.5) is 0 Å². The lowest BCUT2D eigenvalue weighted by Gasteiger charge is -2.18. The van der Waals surface area contributed by atoms with Gasteiger partial charge in [-0.25, -0.2) is 0 Å². The fourth-order valence-electron chi connectivity index (χ4n) is 2.62. The highest BCUT2D eigenvalue weighted by molar-refractivity contribution is 5.45. The molecule has 1 heterocycles. The largest absolute Gasteiger partial charge is 0.487 e. The third kappa shape index (κ3) is 3.26. The Morgan fingerprint density at radius 1 is 1.28 bits per heavy atom. The van der Waals surface area contributed by atoms with E-state index in [-0.39, 0.29) is 5.60 Å². The summed E-state index contributed by atoms with van der Waals surface area (Å²) >= 11 is 0. The van der Waals surface area contributed by atoms with Gasteiger partial charge in [-0.3, -0.25) is 0 Å². The molecule has 0 radical (unpaired) electrons. The minimum atomic E-state index is -0.0256. The summed E-state index contributed by atoms with van der Waals surface area (Å²) in [5, 5.41) is 3.37. The standard InChI is InChI=1S/C16H25NO/c1-4-17-11-6-5-8-13-9-7-10-14-12-16(2,3)18-15(13)14/h7,9-10,17H,4-6,8,11-12H2,1-3H3. The zero-order valence-electron chi connectivity index (χ0n) is 11.9. The molecule has 0 spiro atoms. The van der Waals surface area contributed by atoms with Gasteiger partial charge in [0.25, 0.3) is 0 Å². The molecule has 1 aromatic rings. The third-order valence-electron chi connectivity index (χ3n) is 3.47. The fraction of sp³-hybridized carbons (Fsp3) is 0.625. The number of fused-ring (bicyclic) bond motifs is 1. The number of hydrogen-bond donors (Lipinski definition) is 1. The fourth-order valence-corrected chi connectivity index (χ4v) is 2.62. The topological polar surface area (TPSA) is 21.3 Å². The minimum Gasteiger partial charge on any atom is -0.487 e. The second-order valence-electron chi connectivity index (χ2n) is 5.75. The second-order valence-corrected chi connectivity index (χ2v) is 5.75. The molecule has 2 nitrogen and oxygen atoms in total. The van der Waals surface area contributed by atoms with Gasteiger partial charge >= 0.3 is 0 Å². The van der Waals surface area contributed by atoms with E-state index < -0.39 is 0 Å². The second kappa shape index (κ2) is 5.75. The van der Waals surface area contributed by atoms with Crippen molar-refractivity contribution in [2.45, 2.75) is 52.1 Å². The summed E-state index contributed by atoms with van der Waals surface area (Å²) in [7, 11) is 0. The van der Waals surface area contributed by atoms with E-state index in [0.29, 0.717) is 0 Å². The van der Waals surface area contributed by atoms with E-state index in [9.17, 15) is 0 Å². The van der Waals surface area contributed by atoms with Gasteiger partial charge in [0, 0.05) is 6.42 Å². The van der Waals surface area contributed by atoms with E-state index in [1.807, 2.05) is 0 Å². The van der Waals surface area contributed by atoms with Crippen molar-refractivity contribution in [3.05, 3.63) is 29.3 Å². The zero-order valence-corrected chi connectivity index (χ0v) is 11.9. The Morgan fingerprint density at radius 3 is 2.89 bits per heavy atom. The van der Waals surface area contributed by atoms with Crippen LogP contribution in [-0.2, 0) is 12.8 Å². The van der Waals surface area contributed by atoms with Crippen LogP contribution in [0, 0.1) is 0 Å². The lowest BCUT2D eigenvalue weighted by Crippen LogP contribution is -2.24. The van der Waals surface area contributed by atoms with E-state index in [1.165, 1.54) is 24.0 Å². The number of nitrogens with one attached hydrogen (secondary N) is 1. The van der Waals surface area contributed by atoms with E-state index in [0.717, 1.165) is 31.7 Å². The van der Waals surface area contributed by atoms with Crippen molar-refractivity contribution in [3.8, 4) is 5.75 Å². The van der Waals surface area contributed by atoms with Crippen LogP contribution in [0.25, 0.3) is 0 Å². The first-order chi connectivity index (χ1) is 8.62. The van der Waals surface area contributed by atoms with Gasteiger partial charge in [-0.15, -0.1) is 0 Å². The molecule has 1 N–H and O–H groups in total. The average Bonchev–Trinajstić information content (AvgIpc) is 2.63. The third-order valence-corrected chi connectivity index (χ3v) is 3.47. The predicted molar refractivity (Wildman–Crippen MR) is 76.3 cm³/mol. The quantitative estimate of drug-likeness (QED) is 0.779. The monoisotopic (exact) mass is 247 g/mol. The van der Waals surface area contributed by atoms with E-state index in [2.05, 4.69) is 44.3 Å². The Morgan fingerprint density at radius 2 is 2.11 bits per heavy atom. The van der Waals surface area contributed by atoms with Gasteiger partial charge < -0.3 is 10.1 Å². The minimum absolute atomic E-state index is 0.0256. The van der Waals surface area contributed by atoms with Crippen LogP contribution in [0.3, 0.4) is 0 Å². The van der Waals surface area contributed by atoms with Gasteiger partial charge in [-0.05, 0) is 57.3 Å². The lowest BCUT2D eigenvalue weighted by molar-refractivity contribution is 0.137. The highest BCUT2D eigenvalue weighted by atomic mass is 16.5. The molecule has 1 aromatic carbocycles. The number of unbranched alkanes of at least 4 members (excludes halogenated alkanes) is 1. The molecule has 1 aliphatic rings. The molecule has 18 heavy (non-hydrogen) atoms. The van der Waals surface area contributed by atoms with Crippen molar-refractivity contribution in [2.24, 2.45) is 0 Å². The zero-order chi connectivity index (χ0) is 13.0. The lowest BCUT2D eigenvalue weighted by atomic mass is 9.99. The maximum Gasteiger partial charge on any atom is 0.126 e. The molecule has 0 saturated carbocycles. The normalized spacial score (nSPS) is 16.4. The number of benzene rings is 1. The number of rotatable bonds is 6. The number of aryl methyl sites for hydroxylation is 1. The van der Waals surface area contributed by atoms with Gasteiger partial charge in [-0.1, -0.05) is 25.1 Å². The molecule has 2 rings (SSSR count). The summed E-state index contributed by atoms with van der Waals surface area (Å²) in [6, 6.07) is 6.59. The Kier molecular flexibility index (Phi) is 4.28. The highest BCUT2D eigenvalue weighted by Gasteiger charge is 2.31. The van der Waals surface area contributed by atoms with Crippen LogP contribution in [0.2, 0.25) is 0 Å². The first-order valence-corrected chi connectivity index (χ1v) is 7.13. The van der Waals surface area contributed by atoms with Gasteiger partial charge in [-0.2, -0.15) is 0 Å². The molecule has 0 saturated heterocycles. The Hall–Kier alpha value is -1.02. The summed E-state index contributed by atoms with van der Waals surface area (Å²) in [4.78, 5) is 0. The van der Waals surface area contributed by atoms with Crippen LogP contribution in [0.15, 0.2) is 18.2 Å². The molecular formula is C16H25NO. The maximum atomic E-state index is 6.09. The van der Waals surface area contributed by atoms with Crippen LogP contribution in [0.1, 0.15) is 44.7 Å². The summed E-state index contributed by atoms with van der Waals surface area (Å²) in [6.07, 6.45) is 4.63. The van der Waals surface area contributed by atoms with Crippen molar-refractivity contribution < 1.29 is 4.74 Å². The number of ether oxygens (including phenoxy) is 1. The molecule has 0 fully saturated rings. The van der Waals surface area contributed by atoms with Crippen molar-refractivity contribution in [1.29, 1.82) is 0 Å². The average molecular weight is 247 g/mol. The molecule has 100 valence electrons. The first-order valence-electron chi connectivity index (χ1n) is 7.13. The van der Waals surface area contributed by atoms with Gasteiger partial charge in [0.15, 0.2) is 0 Å². The molecule has 0 unspecified atom stereocenters. The predicted octanol–water partition coefficient (Wildman–Crippen LogP) is 3.33. The van der Waals surface area contributed by atoms with Crippen molar-refractivity contribution in [2.75, 3.05) is 13.1 Å². The Balaban J connectivity index is 1.93. The van der Waals surface area contributed by atoms with Gasteiger partial charge in [0.05, 0.1) is 0 Å². The smallest absolute Gasteiger partial charge is 0.126 e. The van der Waals surface area contributed by atoms with Crippen LogP contribution in [-0.4, -0.2) is 18.7 Å². The molecule has 0 aromatic heterocycles. The molecule has 0 atom stereocenters. The van der Waals surface area contributed by atoms with Crippen molar-refractivity contribution in [1.82, 2.24) is 5.32 Å². The summed E-state index contributed by atoms with van der Waals surface area (Å²) in [6.45, 7) is 8.68. The summed E-state index contributed by atoms with van der Waals surface area (Å²) < 4.78 is 6.09. The van der Waals surface area contributed by atoms with Crippen LogP contribution >= 0.6 is 0 Å². The van der Waals surface area contributed by atoms with E-state index in [4.69, 9.17) is 4.74 Å². The molecular weight excluding hydrogens is 222 g/mol. The maximum absolute atomic E-state index is 6.09. The molecule has 0 amide bonds. The Labute approximate surface area is 111 Å². The van der Waals surface area contributed by atoms with E-state index in [1.54, 1.807) is 0 Å². The molecule has 2 heteroatoms. The van der Waals surface area contributed by atoms with Crippen LogP contribution < -0.4 is 10.1 Å². The SMILES string of the molecule is CCNCCCCc1cccc2c1OC(C)(C)C2. The van der Waals surface area contributed by atoms with Gasteiger partial charge in [0.1, 0.15) is 11.4 Å². The molecule has 1 aliphatic heterocycles. The van der Waals surface area contributed by atoms with Crippen molar-refractivity contribution >= 4 is 0 Å². The first kappa shape index (κ1) is 13.4. The molecule has 0 bridgehead atoms. The summed E-state index contributed by atoms with van der Waals surface area (Å²) in [5.41, 5.74) is 2.74. The van der Waals surface area contributed by atoms with Crippen LogP contribution in [0.5, 0.6) is 5.75 Å². The summed E-state index contributed by atoms with van der Waals surface area (Å²) in [5.74, 6) is 1.16. The van der Waals surface area contributed by atoms with Gasteiger partial charge in [0.2, 0.25) is 0 Å². The Bertz CT molecular complexity index is 398. The number of hydrogen-bond acceptors (Lipinski definition) is 2. The number of para-hydroxylation sites is 1. The molecule has 0 aliphatic carbocycles. The highest BCUT2D eigenvalue weighted by Crippen LogP contribution is 2.37. The van der Waals surface area contributed by atoms with E-state index >= 15 is 0 Å².